The zero-order valence-electron chi connectivity index (χ0n) is 13.7. The molecule has 128 valence electrons. The number of sulfone groups is 1. The van der Waals surface area contributed by atoms with E-state index in [1.54, 1.807) is 26.0 Å². The molecule has 1 fully saturated rings. The predicted octanol–water partition coefficient (Wildman–Crippen LogP) is 3.27. The van der Waals surface area contributed by atoms with Gasteiger partial charge in [-0.3, -0.25) is 4.79 Å². The third kappa shape index (κ3) is 4.98. The molecule has 1 aliphatic rings. The Kier molecular flexibility index (Phi) is 6.53. The Morgan fingerprint density at radius 2 is 1.83 bits per heavy atom. The van der Waals surface area contributed by atoms with Crippen molar-refractivity contribution in [3.8, 4) is 0 Å². The van der Waals surface area contributed by atoms with E-state index in [-0.39, 0.29) is 10.8 Å². The topological polar surface area (TPSA) is 63.2 Å². The summed E-state index contributed by atoms with van der Waals surface area (Å²) in [6.45, 7) is 3.95. The minimum Gasteiger partial charge on any atom is -0.351 e. The van der Waals surface area contributed by atoms with Crippen LogP contribution in [0.5, 0.6) is 0 Å². The molecule has 0 bridgehead atoms. The van der Waals surface area contributed by atoms with Gasteiger partial charge in [-0.05, 0) is 51.0 Å². The summed E-state index contributed by atoms with van der Waals surface area (Å²) >= 11 is 1.94. The Labute approximate surface area is 143 Å². The molecule has 0 unspecified atom stereocenters. The molecule has 0 radical (unpaired) electrons. The molecular formula is C17H25NO3S2. The maximum Gasteiger partial charge on any atom is 0.251 e. The molecule has 1 aromatic rings. The van der Waals surface area contributed by atoms with Gasteiger partial charge in [0.25, 0.3) is 5.91 Å². The van der Waals surface area contributed by atoms with E-state index in [1.807, 2.05) is 11.8 Å². The predicted molar refractivity (Wildman–Crippen MR) is 95.8 cm³/mol. The molecule has 23 heavy (non-hydrogen) atoms. The van der Waals surface area contributed by atoms with Crippen LogP contribution in [-0.4, -0.2) is 37.1 Å². The molecule has 1 amide bonds. The monoisotopic (exact) mass is 355 g/mol. The van der Waals surface area contributed by atoms with Gasteiger partial charge in [-0.25, -0.2) is 8.42 Å². The van der Waals surface area contributed by atoms with Gasteiger partial charge in [0.2, 0.25) is 0 Å². The summed E-state index contributed by atoms with van der Waals surface area (Å²) in [5.41, 5.74) is 0.499. The molecule has 1 aliphatic carbocycles. The average Bonchev–Trinajstić information content (AvgIpc) is 3.04. The number of amides is 1. The summed E-state index contributed by atoms with van der Waals surface area (Å²) in [5.74, 6) is 0.779. The van der Waals surface area contributed by atoms with Crippen LogP contribution in [0.4, 0.5) is 0 Å². The summed E-state index contributed by atoms with van der Waals surface area (Å²) < 4.78 is 24.1. The lowest BCUT2D eigenvalue weighted by Gasteiger charge is -2.10. The van der Waals surface area contributed by atoms with Crippen molar-refractivity contribution in [3.05, 3.63) is 29.8 Å². The van der Waals surface area contributed by atoms with Crippen molar-refractivity contribution >= 4 is 27.5 Å². The lowest BCUT2D eigenvalue weighted by atomic mass is 10.2. The minimum absolute atomic E-state index is 0.148. The standard InChI is InChI=1S/C17H25NO3S2/c1-13(2)23(20,21)16-9-7-14(8-10-16)17(19)18-11-12-22-15-5-3-4-6-15/h7-10,13,15H,3-6,11-12H2,1-2H3,(H,18,19). The van der Waals surface area contributed by atoms with E-state index in [9.17, 15) is 13.2 Å². The number of hydrogen-bond donors (Lipinski definition) is 1. The van der Waals surface area contributed by atoms with Crippen LogP contribution in [-0.2, 0) is 9.84 Å². The molecule has 0 aliphatic heterocycles. The number of thioether (sulfide) groups is 1. The third-order valence-electron chi connectivity index (χ3n) is 4.11. The van der Waals surface area contributed by atoms with Gasteiger partial charge >= 0.3 is 0 Å². The lowest BCUT2D eigenvalue weighted by molar-refractivity contribution is 0.0956. The zero-order valence-corrected chi connectivity index (χ0v) is 15.4. The average molecular weight is 356 g/mol. The van der Waals surface area contributed by atoms with Crippen molar-refractivity contribution in [2.45, 2.75) is 54.9 Å². The van der Waals surface area contributed by atoms with Gasteiger partial charge in [0.15, 0.2) is 9.84 Å². The second-order valence-electron chi connectivity index (χ2n) is 6.15. The van der Waals surface area contributed by atoms with Crippen molar-refractivity contribution in [1.82, 2.24) is 5.32 Å². The Morgan fingerprint density at radius 3 is 2.39 bits per heavy atom. The van der Waals surface area contributed by atoms with Crippen molar-refractivity contribution in [1.29, 1.82) is 0 Å². The van der Waals surface area contributed by atoms with E-state index < -0.39 is 15.1 Å². The summed E-state index contributed by atoms with van der Waals surface area (Å²) in [6, 6.07) is 6.18. The fraction of sp³-hybridized carbons (Fsp3) is 0.588. The molecule has 0 atom stereocenters. The first kappa shape index (κ1) is 18.3. The number of rotatable bonds is 7. The number of nitrogens with one attached hydrogen (secondary N) is 1. The first-order chi connectivity index (χ1) is 10.9. The lowest BCUT2D eigenvalue weighted by Crippen LogP contribution is -2.26. The van der Waals surface area contributed by atoms with E-state index in [2.05, 4.69) is 5.32 Å². The van der Waals surface area contributed by atoms with Crippen LogP contribution in [0.15, 0.2) is 29.2 Å². The van der Waals surface area contributed by atoms with Gasteiger partial charge in [-0.1, -0.05) is 12.8 Å². The largest absolute Gasteiger partial charge is 0.351 e. The SMILES string of the molecule is CC(C)S(=O)(=O)c1ccc(C(=O)NCCSC2CCCC2)cc1. The van der Waals surface area contributed by atoms with Crippen LogP contribution in [0.2, 0.25) is 0 Å². The van der Waals surface area contributed by atoms with Gasteiger partial charge in [-0.2, -0.15) is 11.8 Å². The van der Waals surface area contributed by atoms with Crippen molar-refractivity contribution in [2.24, 2.45) is 0 Å². The number of carbonyl (C=O) groups excluding carboxylic acids is 1. The molecule has 4 nitrogen and oxygen atoms in total. The van der Waals surface area contributed by atoms with E-state index in [1.165, 1.54) is 37.8 Å². The maximum absolute atomic E-state index is 12.1. The second kappa shape index (κ2) is 8.20. The van der Waals surface area contributed by atoms with Gasteiger partial charge < -0.3 is 5.32 Å². The summed E-state index contributed by atoms with van der Waals surface area (Å²) in [7, 11) is -3.28. The summed E-state index contributed by atoms with van der Waals surface area (Å²) in [4.78, 5) is 12.3. The highest BCUT2D eigenvalue weighted by atomic mass is 32.2. The Bertz CT molecular complexity index is 618. The van der Waals surface area contributed by atoms with Gasteiger partial charge in [0.1, 0.15) is 0 Å². The molecular weight excluding hydrogens is 330 g/mol. The molecule has 0 aromatic heterocycles. The van der Waals surface area contributed by atoms with Crippen LogP contribution < -0.4 is 5.32 Å². The Morgan fingerprint density at radius 1 is 1.22 bits per heavy atom. The quantitative estimate of drug-likeness (QED) is 0.763. The first-order valence-corrected chi connectivity index (χ1v) is 10.7. The fourth-order valence-electron chi connectivity index (χ4n) is 2.62. The molecule has 0 saturated heterocycles. The molecule has 2 rings (SSSR count). The van der Waals surface area contributed by atoms with E-state index in [0.29, 0.717) is 12.1 Å². The number of hydrogen-bond acceptors (Lipinski definition) is 4. The van der Waals surface area contributed by atoms with Crippen molar-refractivity contribution in [3.63, 3.8) is 0 Å². The van der Waals surface area contributed by atoms with Crippen molar-refractivity contribution in [2.75, 3.05) is 12.3 Å². The highest BCUT2D eigenvalue weighted by Gasteiger charge is 2.19. The van der Waals surface area contributed by atoms with Crippen LogP contribution >= 0.6 is 11.8 Å². The normalized spacial score (nSPS) is 16.0. The van der Waals surface area contributed by atoms with Gasteiger partial charge in [-0.15, -0.1) is 0 Å². The molecule has 1 N–H and O–H groups in total. The second-order valence-corrected chi connectivity index (χ2v) is 10.1. The highest BCUT2D eigenvalue weighted by Crippen LogP contribution is 2.28. The number of carbonyl (C=O) groups is 1. The van der Waals surface area contributed by atoms with E-state index in [0.717, 1.165) is 11.0 Å². The maximum atomic E-state index is 12.1. The Balaban J connectivity index is 1.83. The molecule has 0 spiro atoms. The summed E-state index contributed by atoms with van der Waals surface area (Å²) in [5, 5.41) is 3.19. The van der Waals surface area contributed by atoms with Gasteiger partial charge in [0.05, 0.1) is 10.1 Å². The van der Waals surface area contributed by atoms with Crippen LogP contribution in [0.25, 0.3) is 0 Å². The minimum atomic E-state index is -3.28. The van der Waals surface area contributed by atoms with Gasteiger partial charge in [0, 0.05) is 23.1 Å². The van der Waals surface area contributed by atoms with Crippen molar-refractivity contribution < 1.29 is 13.2 Å². The van der Waals surface area contributed by atoms with Crippen LogP contribution in [0.1, 0.15) is 49.9 Å². The number of benzene rings is 1. The summed E-state index contributed by atoms with van der Waals surface area (Å²) in [6.07, 6.45) is 5.25. The fourth-order valence-corrected chi connectivity index (χ4v) is 4.90. The first-order valence-electron chi connectivity index (χ1n) is 8.15. The molecule has 0 heterocycles. The van der Waals surface area contributed by atoms with E-state index in [4.69, 9.17) is 0 Å². The highest BCUT2D eigenvalue weighted by molar-refractivity contribution is 7.99. The van der Waals surface area contributed by atoms with E-state index >= 15 is 0 Å². The van der Waals surface area contributed by atoms with Crippen LogP contribution in [0, 0.1) is 0 Å². The van der Waals surface area contributed by atoms with Crippen LogP contribution in [0.3, 0.4) is 0 Å². The Hall–Kier alpha value is -1.01. The third-order valence-corrected chi connectivity index (χ3v) is 7.66. The molecule has 1 aromatic carbocycles. The smallest absolute Gasteiger partial charge is 0.251 e. The zero-order chi connectivity index (χ0) is 16.9. The molecule has 6 heteroatoms. The molecule has 1 saturated carbocycles.